The summed E-state index contributed by atoms with van der Waals surface area (Å²) < 4.78 is 8.16. The SMILES string of the molecule is Cc1cccc(Oc2c(CN(CC3CC3)C(=O)c3cccs3)c(-c3ccccc3)nn2C)c1. The second kappa shape index (κ2) is 9.24. The van der Waals surface area contributed by atoms with Crippen molar-refractivity contribution in [1.82, 2.24) is 14.7 Å². The Bertz CT molecular complexity index is 1240. The Morgan fingerprint density at radius 1 is 1.12 bits per heavy atom. The summed E-state index contributed by atoms with van der Waals surface area (Å²) in [5, 5.41) is 6.78. The molecule has 0 atom stereocenters. The Hall–Kier alpha value is -3.38. The van der Waals surface area contributed by atoms with Crippen LogP contribution in [0.2, 0.25) is 0 Å². The van der Waals surface area contributed by atoms with E-state index in [-0.39, 0.29) is 5.91 Å². The zero-order chi connectivity index (χ0) is 22.8. The summed E-state index contributed by atoms with van der Waals surface area (Å²) in [6.07, 6.45) is 2.36. The molecule has 0 saturated heterocycles. The van der Waals surface area contributed by atoms with Gasteiger partial charge in [0.2, 0.25) is 5.88 Å². The molecule has 0 unspecified atom stereocenters. The van der Waals surface area contributed by atoms with Gasteiger partial charge in [-0.2, -0.15) is 5.10 Å². The summed E-state index contributed by atoms with van der Waals surface area (Å²) >= 11 is 1.49. The van der Waals surface area contributed by atoms with E-state index in [0.717, 1.165) is 39.6 Å². The number of amides is 1. The monoisotopic (exact) mass is 457 g/mol. The highest BCUT2D eigenvalue weighted by Crippen LogP contribution is 2.36. The van der Waals surface area contributed by atoms with Crippen LogP contribution in [0.4, 0.5) is 0 Å². The van der Waals surface area contributed by atoms with E-state index < -0.39 is 0 Å². The van der Waals surface area contributed by atoms with Crippen molar-refractivity contribution in [1.29, 1.82) is 0 Å². The van der Waals surface area contributed by atoms with Gasteiger partial charge in [-0.15, -0.1) is 11.3 Å². The van der Waals surface area contributed by atoms with Crippen molar-refractivity contribution in [3.8, 4) is 22.9 Å². The molecule has 1 aliphatic rings. The zero-order valence-corrected chi connectivity index (χ0v) is 19.7. The first-order valence-electron chi connectivity index (χ1n) is 11.3. The first kappa shape index (κ1) is 21.5. The van der Waals surface area contributed by atoms with Crippen LogP contribution in [0, 0.1) is 12.8 Å². The molecular formula is C27H27N3O2S. The summed E-state index contributed by atoms with van der Waals surface area (Å²) in [5.41, 5.74) is 3.91. The van der Waals surface area contributed by atoms with Gasteiger partial charge >= 0.3 is 0 Å². The molecule has 168 valence electrons. The number of hydrogen-bond donors (Lipinski definition) is 0. The summed E-state index contributed by atoms with van der Waals surface area (Å²) in [6.45, 7) is 3.25. The van der Waals surface area contributed by atoms with Gasteiger partial charge < -0.3 is 9.64 Å². The molecule has 0 bridgehead atoms. The van der Waals surface area contributed by atoms with Crippen LogP contribution in [-0.4, -0.2) is 27.1 Å². The maximum absolute atomic E-state index is 13.4. The molecule has 2 aromatic carbocycles. The number of benzene rings is 2. The summed E-state index contributed by atoms with van der Waals surface area (Å²) in [7, 11) is 1.90. The van der Waals surface area contributed by atoms with Gasteiger partial charge in [0.15, 0.2) is 0 Å². The maximum atomic E-state index is 13.4. The van der Waals surface area contributed by atoms with E-state index in [1.54, 1.807) is 4.68 Å². The van der Waals surface area contributed by atoms with Gasteiger partial charge in [0.05, 0.1) is 17.0 Å². The third-order valence-corrected chi connectivity index (χ3v) is 6.74. The fourth-order valence-corrected chi connectivity index (χ4v) is 4.71. The molecular weight excluding hydrogens is 430 g/mol. The van der Waals surface area contributed by atoms with Gasteiger partial charge in [0.1, 0.15) is 11.4 Å². The number of rotatable bonds is 8. The smallest absolute Gasteiger partial charge is 0.264 e. The minimum atomic E-state index is 0.0706. The third kappa shape index (κ3) is 4.86. The van der Waals surface area contributed by atoms with Crippen LogP contribution in [0.5, 0.6) is 11.6 Å². The Balaban J connectivity index is 1.56. The molecule has 4 aromatic rings. The van der Waals surface area contributed by atoms with Crippen molar-refractivity contribution in [3.05, 3.63) is 88.1 Å². The number of carbonyl (C=O) groups is 1. The number of aromatic nitrogens is 2. The van der Waals surface area contributed by atoms with Crippen molar-refractivity contribution in [2.75, 3.05) is 6.54 Å². The lowest BCUT2D eigenvalue weighted by molar-refractivity contribution is 0.0739. The normalized spacial score (nSPS) is 13.2. The van der Waals surface area contributed by atoms with Crippen LogP contribution < -0.4 is 4.74 Å². The van der Waals surface area contributed by atoms with Crippen LogP contribution in [-0.2, 0) is 13.6 Å². The molecule has 1 fully saturated rings. The van der Waals surface area contributed by atoms with Crippen molar-refractivity contribution >= 4 is 17.2 Å². The third-order valence-electron chi connectivity index (χ3n) is 5.88. The van der Waals surface area contributed by atoms with Gasteiger partial charge in [-0.1, -0.05) is 48.5 Å². The lowest BCUT2D eigenvalue weighted by Gasteiger charge is -2.23. The Morgan fingerprint density at radius 3 is 2.64 bits per heavy atom. The van der Waals surface area contributed by atoms with Crippen LogP contribution in [0.1, 0.15) is 33.6 Å². The molecule has 5 nitrogen and oxygen atoms in total. The molecule has 0 N–H and O–H groups in total. The van der Waals surface area contributed by atoms with E-state index in [9.17, 15) is 4.79 Å². The molecule has 0 radical (unpaired) electrons. The Morgan fingerprint density at radius 2 is 1.94 bits per heavy atom. The Kier molecular flexibility index (Phi) is 6.01. The number of carbonyl (C=O) groups excluding carboxylic acids is 1. The van der Waals surface area contributed by atoms with Gasteiger partial charge in [-0.3, -0.25) is 4.79 Å². The number of ether oxygens (including phenoxy) is 1. The van der Waals surface area contributed by atoms with E-state index in [0.29, 0.717) is 18.3 Å². The highest BCUT2D eigenvalue weighted by atomic mass is 32.1. The predicted molar refractivity (Wildman–Crippen MR) is 132 cm³/mol. The molecule has 0 aliphatic heterocycles. The zero-order valence-electron chi connectivity index (χ0n) is 18.9. The molecule has 6 heteroatoms. The topological polar surface area (TPSA) is 47.4 Å². The molecule has 2 heterocycles. The fraction of sp³-hybridized carbons (Fsp3) is 0.259. The minimum Gasteiger partial charge on any atom is -0.439 e. The standard InChI is InChI=1S/C27H27N3O2S/c1-19-8-6-11-22(16-19)32-27-23(25(28-29(27)2)21-9-4-3-5-10-21)18-30(17-20-13-14-20)26(31)24-12-7-15-33-24/h3-12,15-16,20H,13-14,17-18H2,1-2H3. The predicted octanol–water partition coefficient (Wildman–Crippen LogP) is 6.30. The highest BCUT2D eigenvalue weighted by Gasteiger charge is 2.30. The lowest BCUT2D eigenvalue weighted by Crippen LogP contribution is -2.32. The quantitative estimate of drug-likeness (QED) is 0.312. The molecule has 5 rings (SSSR count). The maximum Gasteiger partial charge on any atom is 0.264 e. The van der Waals surface area contributed by atoms with Gasteiger partial charge in [0, 0.05) is 19.2 Å². The molecule has 1 amide bonds. The number of aryl methyl sites for hydroxylation is 2. The molecule has 2 aromatic heterocycles. The fourth-order valence-electron chi connectivity index (χ4n) is 4.02. The van der Waals surface area contributed by atoms with Crippen LogP contribution in [0.15, 0.2) is 72.1 Å². The lowest BCUT2D eigenvalue weighted by atomic mass is 10.1. The van der Waals surface area contributed by atoms with E-state index in [4.69, 9.17) is 9.84 Å². The van der Waals surface area contributed by atoms with E-state index in [2.05, 4.69) is 12.1 Å². The summed E-state index contributed by atoms with van der Waals surface area (Å²) in [4.78, 5) is 16.1. The number of hydrogen-bond acceptors (Lipinski definition) is 4. The second-order valence-corrected chi connectivity index (χ2v) is 9.59. The minimum absolute atomic E-state index is 0.0706. The second-order valence-electron chi connectivity index (χ2n) is 8.65. The van der Waals surface area contributed by atoms with Crippen molar-refractivity contribution in [3.63, 3.8) is 0 Å². The van der Waals surface area contributed by atoms with Crippen LogP contribution in [0.3, 0.4) is 0 Å². The molecule has 33 heavy (non-hydrogen) atoms. The van der Waals surface area contributed by atoms with Gasteiger partial charge in [-0.25, -0.2) is 4.68 Å². The van der Waals surface area contributed by atoms with Crippen LogP contribution >= 0.6 is 11.3 Å². The van der Waals surface area contributed by atoms with Gasteiger partial charge in [0.25, 0.3) is 5.91 Å². The first-order chi connectivity index (χ1) is 16.1. The van der Waals surface area contributed by atoms with Crippen molar-refractivity contribution in [2.24, 2.45) is 13.0 Å². The first-order valence-corrected chi connectivity index (χ1v) is 12.1. The Labute approximate surface area is 198 Å². The summed E-state index contributed by atoms with van der Waals surface area (Å²) in [6, 6.07) is 21.9. The largest absolute Gasteiger partial charge is 0.439 e. The van der Waals surface area contributed by atoms with Crippen molar-refractivity contribution in [2.45, 2.75) is 26.3 Å². The average Bonchev–Trinajstić information content (AvgIpc) is 3.36. The highest BCUT2D eigenvalue weighted by molar-refractivity contribution is 7.12. The number of nitrogens with zero attached hydrogens (tertiary/aromatic N) is 3. The van der Waals surface area contributed by atoms with E-state index in [1.807, 2.05) is 78.8 Å². The molecule has 0 spiro atoms. The van der Waals surface area contributed by atoms with E-state index in [1.165, 1.54) is 24.2 Å². The summed E-state index contributed by atoms with van der Waals surface area (Å²) in [5.74, 6) is 2.07. The van der Waals surface area contributed by atoms with Crippen LogP contribution in [0.25, 0.3) is 11.3 Å². The number of thiophene rings is 1. The van der Waals surface area contributed by atoms with Crippen molar-refractivity contribution < 1.29 is 9.53 Å². The molecule has 1 saturated carbocycles. The van der Waals surface area contributed by atoms with E-state index >= 15 is 0 Å². The van der Waals surface area contributed by atoms with Gasteiger partial charge in [-0.05, 0) is 54.8 Å². The molecule has 1 aliphatic carbocycles. The average molecular weight is 458 g/mol.